The van der Waals surface area contributed by atoms with Crippen molar-refractivity contribution < 1.29 is 22.7 Å². The summed E-state index contributed by atoms with van der Waals surface area (Å²) in [7, 11) is -2.33. The molecular weight excluding hydrogens is 478 g/mol. The first kappa shape index (κ1) is 27.5. The van der Waals surface area contributed by atoms with E-state index in [0.29, 0.717) is 23.0 Å². The fraction of sp³-hybridized carbons (Fsp3) is 0.417. The van der Waals surface area contributed by atoms with Crippen molar-refractivity contribution in [1.29, 1.82) is 0 Å². The third-order valence-electron chi connectivity index (χ3n) is 5.28. The average molecular weight is 510 g/mol. The number of nitrogens with zero attached hydrogens (tertiary/aromatic N) is 2. The van der Waals surface area contributed by atoms with Gasteiger partial charge in [-0.1, -0.05) is 43.1 Å². The standard InChI is InChI=1S/C24H32ClN3O5S/c1-5-6-14-26-24(30)18(2)27(16-19-10-12-20(25)13-11-19)23(29)17-28(34(4,31)32)21-8-7-9-22(15-21)33-3/h7-13,15,18H,5-6,14,16-17H2,1-4H3,(H,26,30)/t18-/m0/s1. The molecule has 0 unspecified atom stereocenters. The highest BCUT2D eigenvalue weighted by Crippen LogP contribution is 2.24. The maximum Gasteiger partial charge on any atom is 0.244 e. The van der Waals surface area contributed by atoms with Crippen LogP contribution >= 0.6 is 11.6 Å². The van der Waals surface area contributed by atoms with Crippen LogP contribution in [0.1, 0.15) is 32.3 Å². The molecule has 0 spiro atoms. The molecule has 0 saturated heterocycles. The Kier molecular flexibility index (Phi) is 10.2. The summed E-state index contributed by atoms with van der Waals surface area (Å²) in [4.78, 5) is 27.6. The Morgan fingerprint density at radius 2 is 1.82 bits per heavy atom. The second kappa shape index (κ2) is 12.6. The normalized spacial score (nSPS) is 12.0. The molecule has 0 aromatic heterocycles. The molecule has 0 fully saturated rings. The summed E-state index contributed by atoms with van der Waals surface area (Å²) in [5.74, 6) is -0.357. The van der Waals surface area contributed by atoms with Crippen molar-refractivity contribution in [3.63, 3.8) is 0 Å². The van der Waals surface area contributed by atoms with E-state index in [-0.39, 0.29) is 12.5 Å². The van der Waals surface area contributed by atoms with E-state index in [0.717, 1.165) is 29.0 Å². The van der Waals surface area contributed by atoms with Crippen LogP contribution in [0, 0.1) is 0 Å². The molecule has 1 atom stereocenters. The predicted octanol–water partition coefficient (Wildman–Crippen LogP) is 3.45. The summed E-state index contributed by atoms with van der Waals surface area (Å²) in [6.07, 6.45) is 2.78. The van der Waals surface area contributed by atoms with Crippen LogP contribution < -0.4 is 14.4 Å². The molecule has 34 heavy (non-hydrogen) atoms. The molecular formula is C24H32ClN3O5S. The quantitative estimate of drug-likeness (QED) is 0.442. The summed E-state index contributed by atoms with van der Waals surface area (Å²) in [5.41, 5.74) is 1.06. The van der Waals surface area contributed by atoms with E-state index >= 15 is 0 Å². The largest absolute Gasteiger partial charge is 0.497 e. The van der Waals surface area contributed by atoms with Gasteiger partial charge in [0.05, 0.1) is 19.1 Å². The van der Waals surface area contributed by atoms with Crippen molar-refractivity contribution in [3.05, 3.63) is 59.1 Å². The van der Waals surface area contributed by atoms with Crippen molar-refractivity contribution in [3.8, 4) is 5.75 Å². The molecule has 2 rings (SSSR count). The van der Waals surface area contributed by atoms with Crippen molar-refractivity contribution in [2.45, 2.75) is 39.3 Å². The first-order valence-corrected chi connectivity index (χ1v) is 13.2. The van der Waals surface area contributed by atoms with Gasteiger partial charge in [-0.25, -0.2) is 8.42 Å². The number of amides is 2. The summed E-state index contributed by atoms with van der Waals surface area (Å²) < 4.78 is 31.4. The molecule has 2 amide bonds. The van der Waals surface area contributed by atoms with Gasteiger partial charge in [-0.3, -0.25) is 13.9 Å². The number of benzene rings is 2. The van der Waals surface area contributed by atoms with Crippen LogP contribution in [-0.4, -0.2) is 57.6 Å². The Hall–Kier alpha value is -2.78. The summed E-state index contributed by atoms with van der Waals surface area (Å²) >= 11 is 5.98. The van der Waals surface area contributed by atoms with Gasteiger partial charge >= 0.3 is 0 Å². The minimum atomic E-state index is -3.80. The van der Waals surface area contributed by atoms with Crippen molar-refractivity contribution >= 4 is 39.1 Å². The van der Waals surface area contributed by atoms with Gasteiger partial charge in [0.2, 0.25) is 21.8 Å². The predicted molar refractivity (Wildman–Crippen MR) is 135 cm³/mol. The zero-order valence-electron chi connectivity index (χ0n) is 20.0. The zero-order chi connectivity index (χ0) is 25.3. The first-order valence-electron chi connectivity index (χ1n) is 11.0. The lowest BCUT2D eigenvalue weighted by atomic mass is 10.1. The number of rotatable bonds is 12. The molecule has 0 aliphatic rings. The molecule has 2 aromatic carbocycles. The first-order chi connectivity index (χ1) is 16.1. The highest BCUT2D eigenvalue weighted by atomic mass is 35.5. The Balaban J connectivity index is 2.35. The smallest absolute Gasteiger partial charge is 0.244 e. The number of methoxy groups -OCH3 is 1. The minimum absolute atomic E-state index is 0.119. The Morgan fingerprint density at radius 1 is 1.15 bits per heavy atom. The van der Waals surface area contributed by atoms with Crippen molar-refractivity contribution in [2.75, 3.05) is 30.8 Å². The van der Waals surface area contributed by atoms with E-state index < -0.39 is 28.5 Å². The second-order valence-corrected chi connectivity index (χ2v) is 10.3. The molecule has 1 N–H and O–H groups in total. The van der Waals surface area contributed by atoms with Gasteiger partial charge in [-0.2, -0.15) is 0 Å². The molecule has 0 bridgehead atoms. The van der Waals surface area contributed by atoms with Gasteiger partial charge < -0.3 is 15.0 Å². The Labute approximate surface area is 206 Å². The van der Waals surface area contributed by atoms with Crippen LogP contribution in [0.15, 0.2) is 48.5 Å². The summed E-state index contributed by atoms with van der Waals surface area (Å²) in [6, 6.07) is 12.6. The van der Waals surface area contributed by atoms with Gasteiger partial charge in [0.15, 0.2) is 0 Å². The van der Waals surface area contributed by atoms with E-state index in [2.05, 4.69) is 5.32 Å². The molecule has 2 aromatic rings. The second-order valence-electron chi connectivity index (χ2n) is 7.94. The van der Waals surface area contributed by atoms with Gasteiger partial charge in [-0.05, 0) is 43.2 Å². The van der Waals surface area contributed by atoms with Gasteiger partial charge in [-0.15, -0.1) is 0 Å². The fourth-order valence-corrected chi connectivity index (χ4v) is 4.25. The number of nitrogens with one attached hydrogen (secondary N) is 1. The molecule has 8 nitrogen and oxygen atoms in total. The van der Waals surface area contributed by atoms with Gasteiger partial charge in [0.25, 0.3) is 0 Å². The number of carbonyl (C=O) groups excluding carboxylic acids is 2. The van der Waals surface area contributed by atoms with Crippen LogP contribution in [0.3, 0.4) is 0 Å². The lowest BCUT2D eigenvalue weighted by molar-refractivity contribution is -0.139. The number of sulfonamides is 1. The Morgan fingerprint density at radius 3 is 2.41 bits per heavy atom. The number of ether oxygens (including phenoxy) is 1. The molecule has 0 saturated carbocycles. The fourth-order valence-electron chi connectivity index (χ4n) is 3.28. The number of hydrogen-bond donors (Lipinski definition) is 1. The van der Waals surface area contributed by atoms with E-state index in [9.17, 15) is 18.0 Å². The van der Waals surface area contributed by atoms with E-state index in [1.807, 2.05) is 6.92 Å². The highest BCUT2D eigenvalue weighted by Gasteiger charge is 2.30. The topological polar surface area (TPSA) is 96.0 Å². The monoisotopic (exact) mass is 509 g/mol. The third-order valence-corrected chi connectivity index (χ3v) is 6.68. The average Bonchev–Trinajstić information content (AvgIpc) is 2.80. The third kappa shape index (κ3) is 7.92. The number of unbranched alkanes of at least 4 members (excludes halogenated alkanes) is 1. The van der Waals surface area contributed by atoms with Crippen molar-refractivity contribution in [1.82, 2.24) is 10.2 Å². The van der Waals surface area contributed by atoms with Crippen molar-refractivity contribution in [2.24, 2.45) is 0 Å². The zero-order valence-corrected chi connectivity index (χ0v) is 21.5. The molecule has 0 heterocycles. The Bertz CT molecular complexity index is 1080. The maximum atomic E-state index is 13.5. The van der Waals surface area contributed by atoms with Crippen LogP contribution in [0.5, 0.6) is 5.75 Å². The molecule has 186 valence electrons. The molecule has 10 heteroatoms. The number of halogens is 1. The van der Waals surface area contributed by atoms with Crippen LogP contribution in [0.4, 0.5) is 5.69 Å². The molecule has 0 radical (unpaired) electrons. The lowest BCUT2D eigenvalue weighted by Crippen LogP contribution is -2.51. The van der Waals surface area contributed by atoms with Crippen LogP contribution in [-0.2, 0) is 26.2 Å². The van der Waals surface area contributed by atoms with Crippen LogP contribution in [0.2, 0.25) is 5.02 Å². The van der Waals surface area contributed by atoms with Gasteiger partial charge in [0.1, 0.15) is 18.3 Å². The number of anilines is 1. The molecule has 0 aliphatic carbocycles. The van der Waals surface area contributed by atoms with E-state index in [4.69, 9.17) is 16.3 Å². The van der Waals surface area contributed by atoms with E-state index in [1.165, 1.54) is 12.0 Å². The minimum Gasteiger partial charge on any atom is -0.497 e. The highest BCUT2D eigenvalue weighted by molar-refractivity contribution is 7.92. The molecule has 0 aliphatic heterocycles. The number of carbonyl (C=O) groups is 2. The summed E-state index contributed by atoms with van der Waals surface area (Å²) in [5, 5.41) is 3.39. The van der Waals surface area contributed by atoms with Crippen LogP contribution in [0.25, 0.3) is 0 Å². The number of hydrogen-bond acceptors (Lipinski definition) is 5. The van der Waals surface area contributed by atoms with Gasteiger partial charge in [0, 0.05) is 24.2 Å². The lowest BCUT2D eigenvalue weighted by Gasteiger charge is -2.31. The SMILES string of the molecule is CCCCNC(=O)[C@H](C)N(Cc1ccc(Cl)cc1)C(=O)CN(c1cccc(OC)c1)S(C)(=O)=O. The van der Waals surface area contributed by atoms with E-state index in [1.54, 1.807) is 55.5 Å². The maximum absolute atomic E-state index is 13.5. The summed E-state index contributed by atoms with van der Waals surface area (Å²) in [6.45, 7) is 3.80.